The van der Waals surface area contributed by atoms with Crippen molar-refractivity contribution in [1.29, 1.82) is 5.41 Å². The number of nitrogens with one attached hydrogen (secondary N) is 1. The molecular formula is C21H33NO2. The van der Waals surface area contributed by atoms with Crippen LogP contribution in [0.15, 0.2) is 11.6 Å². The number of allylic oxidation sites excluding steroid dienone is 2. The fourth-order valence-corrected chi connectivity index (χ4v) is 7.39. The average molecular weight is 332 g/mol. The van der Waals surface area contributed by atoms with E-state index in [4.69, 9.17) is 5.41 Å². The highest BCUT2D eigenvalue weighted by Gasteiger charge is 2.61. The number of rotatable bonds is 1. The zero-order chi connectivity index (χ0) is 17.1. The molecule has 0 bridgehead atoms. The minimum Gasteiger partial charge on any atom is -0.393 e. The number of hydrogen-bond donors (Lipinski definition) is 3. The zero-order valence-electron chi connectivity index (χ0n) is 15.2. The number of hydrogen-bond acceptors (Lipinski definition) is 3. The van der Waals surface area contributed by atoms with Crippen LogP contribution >= 0.6 is 0 Å². The Kier molecular flexibility index (Phi) is 3.96. The Morgan fingerprint density at radius 1 is 1.00 bits per heavy atom. The van der Waals surface area contributed by atoms with E-state index < -0.39 is 0 Å². The van der Waals surface area contributed by atoms with Crippen LogP contribution in [0.1, 0.15) is 65.2 Å². The lowest BCUT2D eigenvalue weighted by Crippen LogP contribution is -2.57. The highest BCUT2D eigenvalue weighted by Crippen LogP contribution is 2.66. The Labute approximate surface area is 146 Å². The normalized spacial score (nSPS) is 55.6. The molecule has 4 aliphatic rings. The van der Waals surface area contributed by atoms with E-state index in [1.807, 2.05) is 6.08 Å². The maximum Gasteiger partial charge on any atom is 0.0596 e. The van der Waals surface area contributed by atoms with Crippen molar-refractivity contribution in [2.24, 2.45) is 34.5 Å². The average Bonchev–Trinajstić information content (AvgIpc) is 2.85. The van der Waals surface area contributed by atoms with Crippen molar-refractivity contribution in [1.82, 2.24) is 0 Å². The molecule has 4 fully saturated rings. The summed E-state index contributed by atoms with van der Waals surface area (Å²) < 4.78 is 0. The van der Waals surface area contributed by atoms with Gasteiger partial charge in [-0.25, -0.2) is 0 Å². The van der Waals surface area contributed by atoms with Crippen molar-refractivity contribution in [3.05, 3.63) is 11.6 Å². The second kappa shape index (κ2) is 5.67. The molecule has 3 nitrogen and oxygen atoms in total. The second-order valence-corrected chi connectivity index (χ2v) is 9.63. The lowest BCUT2D eigenvalue weighted by Gasteiger charge is -2.61. The van der Waals surface area contributed by atoms with Crippen LogP contribution in [0.4, 0.5) is 0 Å². The first-order valence-electron chi connectivity index (χ1n) is 9.95. The van der Waals surface area contributed by atoms with Crippen molar-refractivity contribution < 1.29 is 10.2 Å². The molecule has 0 heterocycles. The summed E-state index contributed by atoms with van der Waals surface area (Å²) in [6.07, 6.45) is 11.6. The highest BCUT2D eigenvalue weighted by molar-refractivity contribution is 5.69. The van der Waals surface area contributed by atoms with Gasteiger partial charge in [-0.3, -0.25) is 0 Å². The molecule has 0 aliphatic heterocycles. The lowest BCUT2D eigenvalue weighted by molar-refractivity contribution is -0.156. The number of aliphatic hydroxyl groups excluding tert-OH is 2. The molecule has 8 atom stereocenters. The summed E-state index contributed by atoms with van der Waals surface area (Å²) in [6, 6.07) is 0. The topological polar surface area (TPSA) is 64.3 Å². The summed E-state index contributed by atoms with van der Waals surface area (Å²) in [5, 5.41) is 28.9. The molecule has 0 amide bonds. The van der Waals surface area contributed by atoms with Crippen LogP contribution in [-0.2, 0) is 0 Å². The van der Waals surface area contributed by atoms with E-state index in [-0.39, 0.29) is 23.0 Å². The van der Waals surface area contributed by atoms with Gasteiger partial charge in [0.1, 0.15) is 0 Å². The summed E-state index contributed by atoms with van der Waals surface area (Å²) in [7, 11) is 0. The van der Waals surface area contributed by atoms with Gasteiger partial charge in [-0.05, 0) is 91.9 Å². The highest BCUT2D eigenvalue weighted by atomic mass is 16.3. The van der Waals surface area contributed by atoms with Crippen LogP contribution in [0, 0.1) is 39.9 Å². The van der Waals surface area contributed by atoms with E-state index in [1.165, 1.54) is 18.2 Å². The van der Waals surface area contributed by atoms with Crippen LogP contribution < -0.4 is 0 Å². The Balaban J connectivity index is 1.64. The molecule has 0 radical (unpaired) electrons. The predicted octanol–water partition coefficient (Wildman–Crippen LogP) is 3.94. The molecular weight excluding hydrogens is 298 g/mol. The molecule has 0 aromatic rings. The number of fused-ring (bicyclic) bond motifs is 5. The van der Waals surface area contributed by atoms with E-state index in [0.717, 1.165) is 44.9 Å². The maximum atomic E-state index is 11.0. The first kappa shape index (κ1) is 16.8. The smallest absolute Gasteiger partial charge is 0.0596 e. The van der Waals surface area contributed by atoms with E-state index in [1.54, 1.807) is 0 Å². The van der Waals surface area contributed by atoms with Crippen molar-refractivity contribution >= 4 is 6.21 Å². The molecule has 134 valence electrons. The second-order valence-electron chi connectivity index (χ2n) is 9.63. The Morgan fingerprint density at radius 3 is 2.50 bits per heavy atom. The van der Waals surface area contributed by atoms with Gasteiger partial charge in [-0.2, -0.15) is 0 Å². The van der Waals surface area contributed by atoms with E-state index in [0.29, 0.717) is 23.7 Å². The lowest BCUT2D eigenvalue weighted by atomic mass is 9.44. The first-order valence-corrected chi connectivity index (χ1v) is 9.95. The van der Waals surface area contributed by atoms with Crippen molar-refractivity contribution in [2.45, 2.75) is 77.4 Å². The van der Waals surface area contributed by atoms with Crippen LogP contribution in [-0.4, -0.2) is 28.6 Å². The van der Waals surface area contributed by atoms with Gasteiger partial charge in [-0.1, -0.05) is 19.4 Å². The zero-order valence-corrected chi connectivity index (χ0v) is 15.2. The molecule has 3 heteroatoms. The van der Waals surface area contributed by atoms with Gasteiger partial charge in [0.2, 0.25) is 0 Å². The summed E-state index contributed by atoms with van der Waals surface area (Å²) in [4.78, 5) is 0. The quantitative estimate of drug-likeness (QED) is 0.637. The van der Waals surface area contributed by atoms with Gasteiger partial charge in [0, 0.05) is 6.21 Å². The van der Waals surface area contributed by atoms with Gasteiger partial charge in [0.15, 0.2) is 0 Å². The van der Waals surface area contributed by atoms with Gasteiger partial charge in [-0.15, -0.1) is 0 Å². The third kappa shape index (κ3) is 2.20. The third-order valence-electron chi connectivity index (χ3n) is 8.85. The summed E-state index contributed by atoms with van der Waals surface area (Å²) in [5.41, 5.74) is 1.67. The minimum atomic E-state index is -0.217. The minimum absolute atomic E-state index is 0.0873. The van der Waals surface area contributed by atoms with Crippen LogP contribution in [0.3, 0.4) is 0 Å². The van der Waals surface area contributed by atoms with Crippen molar-refractivity contribution in [2.75, 3.05) is 0 Å². The molecule has 3 N–H and O–H groups in total. The molecule has 0 aromatic carbocycles. The Morgan fingerprint density at radius 2 is 1.75 bits per heavy atom. The molecule has 4 saturated carbocycles. The van der Waals surface area contributed by atoms with E-state index in [9.17, 15) is 10.2 Å². The van der Waals surface area contributed by atoms with Gasteiger partial charge in [0.25, 0.3) is 0 Å². The van der Waals surface area contributed by atoms with E-state index in [2.05, 4.69) is 13.8 Å². The van der Waals surface area contributed by atoms with Gasteiger partial charge in [0.05, 0.1) is 12.2 Å². The summed E-state index contributed by atoms with van der Waals surface area (Å²) in [5.74, 6) is 2.24. The molecule has 0 aromatic heterocycles. The molecule has 4 rings (SSSR count). The van der Waals surface area contributed by atoms with Crippen molar-refractivity contribution in [3.63, 3.8) is 0 Å². The standard InChI is InChI=1S/C21H33NO2/c1-20-8-5-13(7-10-22)11-17(20)18(23)12-14-15-3-4-19(24)21(15,2)9-6-16(14)20/h7,10,14-19,22-24H,3-6,8-9,11-12H2,1-2H3/b13-7+,22-10?/t14?,15?,16?,17-,18+,19+,20-,21+/m1/s1. The Hall–Kier alpha value is -0.670. The molecule has 0 spiro atoms. The molecule has 4 aliphatic carbocycles. The fourth-order valence-electron chi connectivity index (χ4n) is 7.39. The summed E-state index contributed by atoms with van der Waals surface area (Å²) >= 11 is 0. The summed E-state index contributed by atoms with van der Waals surface area (Å²) in [6.45, 7) is 4.74. The predicted molar refractivity (Wildman–Crippen MR) is 96.0 cm³/mol. The van der Waals surface area contributed by atoms with E-state index >= 15 is 0 Å². The van der Waals surface area contributed by atoms with Crippen molar-refractivity contribution in [3.8, 4) is 0 Å². The maximum absolute atomic E-state index is 11.0. The SMILES string of the molecule is C[C@]12CCC3C(C[C@H](O)[C@H]4C/C(=C/C=N)CC[C@]34C)C1CC[C@@H]2O. The van der Waals surface area contributed by atoms with Gasteiger partial charge < -0.3 is 15.6 Å². The fraction of sp³-hybridized carbons (Fsp3) is 0.857. The number of aliphatic hydroxyl groups is 2. The third-order valence-corrected chi connectivity index (χ3v) is 8.85. The molecule has 24 heavy (non-hydrogen) atoms. The van der Waals surface area contributed by atoms with Crippen LogP contribution in [0.25, 0.3) is 0 Å². The van der Waals surface area contributed by atoms with Crippen LogP contribution in [0.5, 0.6) is 0 Å². The van der Waals surface area contributed by atoms with Gasteiger partial charge >= 0.3 is 0 Å². The first-order chi connectivity index (χ1) is 11.4. The molecule has 0 saturated heterocycles. The van der Waals surface area contributed by atoms with Crippen LogP contribution in [0.2, 0.25) is 0 Å². The largest absolute Gasteiger partial charge is 0.393 e. The monoisotopic (exact) mass is 331 g/mol. The molecule has 3 unspecified atom stereocenters. The Bertz CT molecular complexity index is 558.